The Bertz CT molecular complexity index is 516. The quantitative estimate of drug-likeness (QED) is 0.705. The van der Waals surface area contributed by atoms with Crippen molar-refractivity contribution in [2.75, 3.05) is 0 Å². The third-order valence-electron chi connectivity index (χ3n) is 2.00. The van der Waals surface area contributed by atoms with Crippen molar-refractivity contribution in [2.45, 2.75) is 13.5 Å². The summed E-state index contributed by atoms with van der Waals surface area (Å²) in [6.07, 6.45) is 0. The molecule has 0 spiro atoms. The highest BCUT2D eigenvalue weighted by Gasteiger charge is 2.09. The average molecular weight is 426 g/mol. The minimum atomic E-state index is 0.371. The molecule has 0 aliphatic carbocycles. The number of hydrogen-bond acceptors (Lipinski definition) is 3. The Balaban J connectivity index is 2.14. The Morgan fingerprint density at radius 3 is 2.35 bits per heavy atom. The molecule has 90 valence electrons. The minimum Gasteiger partial charge on any atom is -0.485 e. The standard InChI is InChI=1S/C11H8Br3NO2/c1-6-2-8(15-17-6)5-16-11-9(13)3-7(12)4-10(11)14/h2-4H,5H2,1H3. The molecule has 6 heteroatoms. The number of halogens is 3. The van der Waals surface area contributed by atoms with Crippen molar-refractivity contribution in [3.05, 3.63) is 43.1 Å². The molecule has 0 amide bonds. The predicted molar refractivity (Wildman–Crippen MR) is 75.1 cm³/mol. The van der Waals surface area contributed by atoms with E-state index in [9.17, 15) is 0 Å². The molecule has 1 aromatic carbocycles. The third-order valence-corrected chi connectivity index (χ3v) is 3.64. The van der Waals surface area contributed by atoms with Gasteiger partial charge in [-0.05, 0) is 50.9 Å². The summed E-state index contributed by atoms with van der Waals surface area (Å²) >= 11 is 10.3. The molecule has 0 aliphatic rings. The van der Waals surface area contributed by atoms with Gasteiger partial charge in [0.1, 0.15) is 23.8 Å². The Kier molecular flexibility index (Phi) is 4.27. The van der Waals surface area contributed by atoms with Crippen molar-refractivity contribution in [3.8, 4) is 5.75 Å². The lowest BCUT2D eigenvalue weighted by atomic mass is 10.3. The van der Waals surface area contributed by atoms with Gasteiger partial charge in [-0.25, -0.2) is 0 Å². The second-order valence-electron chi connectivity index (χ2n) is 3.42. The molecule has 1 heterocycles. The monoisotopic (exact) mass is 423 g/mol. The van der Waals surface area contributed by atoms with Crippen molar-refractivity contribution in [2.24, 2.45) is 0 Å². The molecular weight excluding hydrogens is 418 g/mol. The van der Waals surface area contributed by atoms with E-state index in [1.165, 1.54) is 0 Å². The fourth-order valence-electron chi connectivity index (χ4n) is 1.30. The highest BCUT2D eigenvalue weighted by atomic mass is 79.9. The lowest BCUT2D eigenvalue weighted by Gasteiger charge is -2.09. The topological polar surface area (TPSA) is 35.3 Å². The summed E-state index contributed by atoms with van der Waals surface area (Å²) in [5.74, 6) is 1.52. The molecule has 0 fully saturated rings. The summed E-state index contributed by atoms with van der Waals surface area (Å²) < 4.78 is 13.4. The van der Waals surface area contributed by atoms with Gasteiger partial charge < -0.3 is 9.26 Å². The number of ether oxygens (including phenoxy) is 1. The zero-order valence-electron chi connectivity index (χ0n) is 8.84. The van der Waals surface area contributed by atoms with Gasteiger partial charge in [0.15, 0.2) is 0 Å². The summed E-state index contributed by atoms with van der Waals surface area (Å²) in [7, 11) is 0. The third kappa shape index (κ3) is 3.33. The van der Waals surface area contributed by atoms with E-state index in [0.717, 1.165) is 30.6 Å². The van der Waals surface area contributed by atoms with Crippen molar-refractivity contribution < 1.29 is 9.26 Å². The molecule has 0 atom stereocenters. The summed E-state index contributed by atoms with van der Waals surface area (Å²) in [5, 5.41) is 3.87. The fraction of sp³-hybridized carbons (Fsp3) is 0.182. The van der Waals surface area contributed by atoms with Gasteiger partial charge in [-0.3, -0.25) is 0 Å². The normalized spacial score (nSPS) is 10.6. The Hall–Kier alpha value is -0.330. The van der Waals surface area contributed by atoms with Crippen LogP contribution in [0.5, 0.6) is 5.75 Å². The van der Waals surface area contributed by atoms with Crippen molar-refractivity contribution in [3.63, 3.8) is 0 Å². The van der Waals surface area contributed by atoms with Gasteiger partial charge in [0.2, 0.25) is 0 Å². The molecule has 1 aromatic heterocycles. The highest BCUT2D eigenvalue weighted by molar-refractivity contribution is 9.11. The summed E-state index contributed by atoms with van der Waals surface area (Å²) in [5.41, 5.74) is 0.768. The van der Waals surface area contributed by atoms with Crippen LogP contribution in [-0.2, 0) is 6.61 Å². The van der Waals surface area contributed by atoms with Crippen LogP contribution in [-0.4, -0.2) is 5.16 Å². The largest absolute Gasteiger partial charge is 0.485 e. The maximum Gasteiger partial charge on any atom is 0.148 e. The first kappa shape index (κ1) is 13.1. The van der Waals surface area contributed by atoms with Crippen LogP contribution in [0.4, 0.5) is 0 Å². The van der Waals surface area contributed by atoms with Gasteiger partial charge in [-0.2, -0.15) is 0 Å². The summed E-state index contributed by atoms with van der Waals surface area (Å²) in [4.78, 5) is 0. The lowest BCUT2D eigenvalue weighted by molar-refractivity contribution is 0.284. The minimum absolute atomic E-state index is 0.371. The molecule has 0 saturated heterocycles. The van der Waals surface area contributed by atoms with Crippen LogP contribution in [0, 0.1) is 6.92 Å². The zero-order valence-corrected chi connectivity index (χ0v) is 13.6. The van der Waals surface area contributed by atoms with E-state index in [1.54, 1.807) is 0 Å². The van der Waals surface area contributed by atoms with Crippen molar-refractivity contribution in [1.29, 1.82) is 0 Å². The van der Waals surface area contributed by atoms with Gasteiger partial charge >= 0.3 is 0 Å². The number of benzene rings is 1. The molecule has 3 nitrogen and oxygen atoms in total. The maximum absolute atomic E-state index is 5.68. The summed E-state index contributed by atoms with van der Waals surface area (Å²) in [6, 6.07) is 5.70. The van der Waals surface area contributed by atoms with Crippen LogP contribution >= 0.6 is 47.8 Å². The van der Waals surface area contributed by atoms with E-state index >= 15 is 0 Å². The molecule has 0 N–H and O–H groups in total. The van der Waals surface area contributed by atoms with Gasteiger partial charge in [0.05, 0.1) is 8.95 Å². The Labute approximate surface area is 124 Å². The first-order valence-corrected chi connectivity index (χ1v) is 7.13. The predicted octanol–water partition coefficient (Wildman–Crippen LogP) is 4.85. The maximum atomic E-state index is 5.68. The lowest BCUT2D eigenvalue weighted by Crippen LogP contribution is -1.97. The zero-order chi connectivity index (χ0) is 12.4. The Morgan fingerprint density at radius 1 is 1.18 bits per heavy atom. The second-order valence-corrected chi connectivity index (χ2v) is 6.04. The molecule has 2 rings (SSSR count). The average Bonchev–Trinajstić information content (AvgIpc) is 2.62. The van der Waals surface area contributed by atoms with Crippen LogP contribution in [0.3, 0.4) is 0 Å². The van der Waals surface area contributed by atoms with E-state index < -0.39 is 0 Å². The van der Waals surface area contributed by atoms with Crippen molar-refractivity contribution >= 4 is 47.8 Å². The number of nitrogens with zero attached hydrogens (tertiary/aromatic N) is 1. The molecule has 0 radical (unpaired) electrons. The van der Waals surface area contributed by atoms with E-state index in [4.69, 9.17) is 9.26 Å². The molecule has 0 saturated carbocycles. The number of rotatable bonds is 3. The number of aromatic nitrogens is 1. The molecule has 17 heavy (non-hydrogen) atoms. The van der Waals surface area contributed by atoms with E-state index in [0.29, 0.717) is 6.61 Å². The molecular formula is C11H8Br3NO2. The van der Waals surface area contributed by atoms with E-state index in [1.807, 2.05) is 25.1 Å². The van der Waals surface area contributed by atoms with E-state index in [2.05, 4.69) is 52.9 Å². The van der Waals surface area contributed by atoms with Crippen LogP contribution in [0.25, 0.3) is 0 Å². The smallest absolute Gasteiger partial charge is 0.148 e. The number of hydrogen-bond donors (Lipinski definition) is 0. The first-order valence-electron chi connectivity index (χ1n) is 4.76. The van der Waals surface area contributed by atoms with Crippen LogP contribution < -0.4 is 4.74 Å². The molecule has 0 bridgehead atoms. The van der Waals surface area contributed by atoms with Gasteiger partial charge in [0.25, 0.3) is 0 Å². The summed E-state index contributed by atoms with van der Waals surface area (Å²) in [6.45, 7) is 2.22. The molecule has 0 aliphatic heterocycles. The van der Waals surface area contributed by atoms with Crippen LogP contribution in [0.15, 0.2) is 36.1 Å². The SMILES string of the molecule is Cc1cc(COc2c(Br)cc(Br)cc2Br)no1. The van der Waals surface area contributed by atoms with Gasteiger partial charge in [0, 0.05) is 10.5 Å². The highest BCUT2D eigenvalue weighted by Crippen LogP contribution is 2.36. The van der Waals surface area contributed by atoms with Gasteiger partial charge in [-0.1, -0.05) is 21.1 Å². The molecule has 2 aromatic rings. The van der Waals surface area contributed by atoms with E-state index in [-0.39, 0.29) is 0 Å². The van der Waals surface area contributed by atoms with Crippen molar-refractivity contribution in [1.82, 2.24) is 5.16 Å². The van der Waals surface area contributed by atoms with Gasteiger partial charge in [-0.15, -0.1) is 0 Å². The second kappa shape index (κ2) is 5.54. The Morgan fingerprint density at radius 2 is 1.82 bits per heavy atom. The van der Waals surface area contributed by atoms with Crippen LogP contribution in [0.2, 0.25) is 0 Å². The van der Waals surface area contributed by atoms with Crippen LogP contribution in [0.1, 0.15) is 11.5 Å². The number of aryl methyl sites for hydroxylation is 1. The fourth-order valence-corrected chi connectivity index (χ4v) is 3.79. The molecule has 0 unspecified atom stereocenters. The first-order chi connectivity index (χ1) is 8.06.